The fourth-order valence-corrected chi connectivity index (χ4v) is 6.71. The minimum atomic E-state index is -0.0487. The number of ether oxygens (including phenoxy) is 2. The lowest BCUT2D eigenvalue weighted by atomic mass is 10.0. The minimum Gasteiger partial charge on any atom is -0.462 e. The van der Waals surface area contributed by atoms with Gasteiger partial charge in [0, 0.05) is 12.8 Å². The van der Waals surface area contributed by atoms with Crippen LogP contribution in [-0.2, 0) is 19.1 Å². The number of carbonyl (C=O) groups excluding carboxylic acids is 2. The fraction of sp³-hybridized carbons (Fsp3) is 0.953. The smallest absolute Gasteiger partial charge is 0.306 e. The molecular formula is C43H85NO4. The second-order valence-electron chi connectivity index (χ2n) is 15.2. The number of hydrogen-bond acceptors (Lipinski definition) is 5. The molecule has 0 saturated heterocycles. The van der Waals surface area contributed by atoms with Crippen LogP contribution < -0.4 is 0 Å². The van der Waals surface area contributed by atoms with Crippen LogP contribution in [0.15, 0.2) is 0 Å². The van der Waals surface area contributed by atoms with Crippen LogP contribution >= 0.6 is 0 Å². The summed E-state index contributed by atoms with van der Waals surface area (Å²) in [5.41, 5.74) is 0. The molecule has 0 spiro atoms. The summed E-state index contributed by atoms with van der Waals surface area (Å²) in [5.74, 6) is -0.0570. The Morgan fingerprint density at radius 1 is 0.396 bits per heavy atom. The summed E-state index contributed by atoms with van der Waals surface area (Å²) in [4.78, 5) is 27.6. The molecule has 0 aliphatic heterocycles. The topological polar surface area (TPSA) is 55.8 Å². The van der Waals surface area contributed by atoms with Crippen LogP contribution in [0.25, 0.3) is 0 Å². The lowest BCUT2D eigenvalue weighted by Crippen LogP contribution is -2.20. The van der Waals surface area contributed by atoms with Crippen LogP contribution in [0.3, 0.4) is 0 Å². The van der Waals surface area contributed by atoms with Crippen LogP contribution in [0.2, 0.25) is 0 Å². The quantitative estimate of drug-likeness (QED) is 0.0480. The van der Waals surface area contributed by atoms with Gasteiger partial charge in [-0.25, -0.2) is 0 Å². The molecule has 5 heteroatoms. The summed E-state index contributed by atoms with van der Waals surface area (Å²) < 4.78 is 12.1. The molecule has 0 aliphatic carbocycles. The zero-order valence-electron chi connectivity index (χ0n) is 33.3. The molecule has 48 heavy (non-hydrogen) atoms. The van der Waals surface area contributed by atoms with Crippen molar-refractivity contribution >= 4 is 11.9 Å². The predicted octanol–water partition coefficient (Wildman–Crippen LogP) is 13.3. The maximum atomic E-state index is 12.9. The lowest BCUT2D eigenvalue weighted by molar-refractivity contribution is -0.150. The Morgan fingerprint density at radius 2 is 0.667 bits per heavy atom. The summed E-state index contributed by atoms with van der Waals surface area (Å²) >= 11 is 0. The third-order valence-electron chi connectivity index (χ3n) is 9.88. The Balaban J connectivity index is 4.55. The van der Waals surface area contributed by atoms with E-state index in [1.807, 2.05) is 14.1 Å². The second-order valence-corrected chi connectivity index (χ2v) is 15.2. The van der Waals surface area contributed by atoms with E-state index in [2.05, 4.69) is 25.7 Å². The van der Waals surface area contributed by atoms with E-state index in [4.69, 9.17) is 9.47 Å². The van der Waals surface area contributed by atoms with Gasteiger partial charge >= 0.3 is 11.9 Å². The van der Waals surface area contributed by atoms with E-state index in [1.54, 1.807) is 0 Å². The van der Waals surface area contributed by atoms with Crippen molar-refractivity contribution in [1.29, 1.82) is 0 Å². The van der Waals surface area contributed by atoms with E-state index in [0.29, 0.717) is 12.8 Å². The lowest BCUT2D eigenvalue weighted by Gasteiger charge is -2.19. The van der Waals surface area contributed by atoms with Crippen LogP contribution in [0, 0.1) is 0 Å². The first kappa shape index (κ1) is 46.9. The SMILES string of the molecule is CCCCCCCCCCC(CCCCCCCCCC)OC(=O)CCCCCC(CCCCCCCCC)OC(=O)CCCN(C)C. The molecular weight excluding hydrogens is 594 g/mol. The highest BCUT2D eigenvalue weighted by Crippen LogP contribution is 2.20. The molecule has 0 aromatic rings. The molecule has 0 rings (SSSR count). The zero-order chi connectivity index (χ0) is 35.3. The van der Waals surface area contributed by atoms with Gasteiger partial charge in [0.15, 0.2) is 0 Å². The summed E-state index contributed by atoms with van der Waals surface area (Å²) in [6, 6.07) is 0. The number of nitrogens with zero attached hydrogens (tertiary/aromatic N) is 1. The molecule has 0 heterocycles. The summed E-state index contributed by atoms with van der Waals surface area (Å²) in [6.45, 7) is 7.72. The van der Waals surface area contributed by atoms with Crippen molar-refractivity contribution in [2.24, 2.45) is 0 Å². The number of esters is 2. The van der Waals surface area contributed by atoms with Crippen LogP contribution in [0.4, 0.5) is 0 Å². The van der Waals surface area contributed by atoms with Gasteiger partial charge in [-0.15, -0.1) is 0 Å². The van der Waals surface area contributed by atoms with Crippen molar-refractivity contribution in [1.82, 2.24) is 4.90 Å². The third kappa shape index (κ3) is 34.8. The van der Waals surface area contributed by atoms with Gasteiger partial charge in [-0.05, 0) is 84.8 Å². The Morgan fingerprint density at radius 3 is 0.979 bits per heavy atom. The highest BCUT2D eigenvalue weighted by atomic mass is 16.5. The summed E-state index contributed by atoms with van der Waals surface area (Å²) in [7, 11) is 4.08. The van der Waals surface area contributed by atoms with Gasteiger partial charge < -0.3 is 14.4 Å². The van der Waals surface area contributed by atoms with Gasteiger partial charge in [-0.2, -0.15) is 0 Å². The van der Waals surface area contributed by atoms with Gasteiger partial charge in [-0.3, -0.25) is 9.59 Å². The number of unbranched alkanes of at least 4 members (excludes halogenated alkanes) is 22. The van der Waals surface area contributed by atoms with E-state index < -0.39 is 0 Å². The Bertz CT molecular complexity index is 662. The van der Waals surface area contributed by atoms with E-state index in [1.165, 1.54) is 141 Å². The van der Waals surface area contributed by atoms with E-state index in [9.17, 15) is 9.59 Å². The maximum Gasteiger partial charge on any atom is 0.306 e. The van der Waals surface area contributed by atoms with Gasteiger partial charge in [0.25, 0.3) is 0 Å². The molecule has 286 valence electrons. The van der Waals surface area contributed by atoms with Crippen LogP contribution in [0.5, 0.6) is 0 Å². The molecule has 0 aliphatic rings. The van der Waals surface area contributed by atoms with Crippen molar-refractivity contribution < 1.29 is 19.1 Å². The Hall–Kier alpha value is -1.10. The molecule has 0 saturated carbocycles. The van der Waals surface area contributed by atoms with Crippen molar-refractivity contribution in [3.05, 3.63) is 0 Å². The molecule has 0 fully saturated rings. The standard InChI is InChI=1S/C43H85NO4/c1-6-9-12-15-18-21-24-28-33-40(34-29-25-22-19-16-13-10-7-2)47-42(45)37-31-26-30-36-41(35-27-23-20-17-14-11-8-3)48-43(46)38-32-39-44(4)5/h40-41H,6-39H2,1-5H3. The van der Waals surface area contributed by atoms with E-state index in [-0.39, 0.29) is 24.1 Å². The fourth-order valence-electron chi connectivity index (χ4n) is 6.71. The van der Waals surface area contributed by atoms with Crippen molar-refractivity contribution in [3.8, 4) is 0 Å². The normalized spacial score (nSPS) is 12.2. The molecule has 0 bridgehead atoms. The highest BCUT2D eigenvalue weighted by molar-refractivity contribution is 5.69. The summed E-state index contributed by atoms with van der Waals surface area (Å²) in [5, 5.41) is 0. The molecule has 0 radical (unpaired) electrons. The zero-order valence-corrected chi connectivity index (χ0v) is 33.3. The average Bonchev–Trinajstić information content (AvgIpc) is 3.06. The maximum absolute atomic E-state index is 12.9. The number of rotatable bonds is 38. The molecule has 0 N–H and O–H groups in total. The minimum absolute atomic E-state index is 0.00826. The predicted molar refractivity (Wildman–Crippen MR) is 208 cm³/mol. The number of hydrogen-bond donors (Lipinski definition) is 0. The van der Waals surface area contributed by atoms with Crippen LogP contribution in [0.1, 0.15) is 233 Å². The number of carbonyl (C=O) groups is 2. The average molecular weight is 680 g/mol. The van der Waals surface area contributed by atoms with Crippen molar-refractivity contribution in [3.63, 3.8) is 0 Å². The Kier molecular flexibility index (Phi) is 36.3. The van der Waals surface area contributed by atoms with Crippen molar-refractivity contribution in [2.45, 2.75) is 245 Å². The first-order chi connectivity index (χ1) is 23.4. The monoisotopic (exact) mass is 680 g/mol. The largest absolute Gasteiger partial charge is 0.462 e. The van der Waals surface area contributed by atoms with Gasteiger partial charge in [0.2, 0.25) is 0 Å². The van der Waals surface area contributed by atoms with Gasteiger partial charge in [0.1, 0.15) is 12.2 Å². The summed E-state index contributed by atoms with van der Waals surface area (Å²) in [6.07, 6.45) is 38.6. The molecule has 1 unspecified atom stereocenters. The van der Waals surface area contributed by atoms with E-state index >= 15 is 0 Å². The molecule has 5 nitrogen and oxygen atoms in total. The molecule has 0 aromatic carbocycles. The highest BCUT2D eigenvalue weighted by Gasteiger charge is 2.16. The second kappa shape index (κ2) is 37.2. The first-order valence-corrected chi connectivity index (χ1v) is 21.5. The van der Waals surface area contributed by atoms with E-state index in [0.717, 1.165) is 64.3 Å². The van der Waals surface area contributed by atoms with Gasteiger partial charge in [-0.1, -0.05) is 156 Å². The third-order valence-corrected chi connectivity index (χ3v) is 9.88. The molecule has 1 atom stereocenters. The molecule has 0 amide bonds. The Labute approximate surface area is 300 Å². The van der Waals surface area contributed by atoms with Crippen molar-refractivity contribution in [2.75, 3.05) is 20.6 Å². The molecule has 0 aromatic heterocycles. The van der Waals surface area contributed by atoms with Crippen LogP contribution in [-0.4, -0.2) is 49.7 Å². The first-order valence-electron chi connectivity index (χ1n) is 21.5. The van der Waals surface area contributed by atoms with Gasteiger partial charge in [0.05, 0.1) is 0 Å².